The smallest absolute Gasteiger partial charge is 0.269 e. The highest BCUT2D eigenvalue weighted by Gasteiger charge is 2.42. The van der Waals surface area contributed by atoms with Gasteiger partial charge in [0.2, 0.25) is 0 Å². The average Bonchev–Trinajstić information content (AvgIpc) is 3.59. The number of benzene rings is 3. The van der Waals surface area contributed by atoms with Crippen molar-refractivity contribution in [3.8, 4) is 11.3 Å². The first-order valence-electron chi connectivity index (χ1n) is 12.2. The van der Waals surface area contributed by atoms with Crippen molar-refractivity contribution in [1.82, 2.24) is 10.3 Å². The zero-order valence-corrected chi connectivity index (χ0v) is 22.1. The Morgan fingerprint density at radius 3 is 2.23 bits per heavy atom. The largest absolute Gasteiger partial charge is 0.459 e. The van der Waals surface area contributed by atoms with Crippen molar-refractivity contribution in [3.63, 3.8) is 0 Å². The first kappa shape index (κ1) is 24.8. The van der Waals surface area contributed by atoms with Gasteiger partial charge in [-0.2, -0.15) is 0 Å². The second-order valence-electron chi connectivity index (χ2n) is 8.91. The zero-order valence-electron chi connectivity index (χ0n) is 20.5. The summed E-state index contributed by atoms with van der Waals surface area (Å²) in [5.41, 5.74) is 2.87. The second kappa shape index (κ2) is 10.7. The minimum Gasteiger partial charge on any atom is -0.459 e. The van der Waals surface area contributed by atoms with E-state index in [1.165, 1.54) is 23.9 Å². The van der Waals surface area contributed by atoms with Crippen molar-refractivity contribution in [2.24, 2.45) is 0 Å². The van der Waals surface area contributed by atoms with Gasteiger partial charge < -0.3 is 14.6 Å². The fourth-order valence-corrected chi connectivity index (χ4v) is 5.80. The summed E-state index contributed by atoms with van der Waals surface area (Å²) in [5, 5.41) is 15.0. The van der Waals surface area contributed by atoms with Crippen molar-refractivity contribution >= 4 is 40.5 Å². The number of pyridine rings is 1. The van der Waals surface area contributed by atoms with Gasteiger partial charge in [-0.3, -0.25) is 15.1 Å². The van der Waals surface area contributed by atoms with Crippen LogP contribution in [-0.4, -0.2) is 15.0 Å². The van der Waals surface area contributed by atoms with E-state index in [2.05, 4.69) is 15.2 Å². The number of anilines is 1. The summed E-state index contributed by atoms with van der Waals surface area (Å²) in [4.78, 5) is 19.2. The highest BCUT2D eigenvalue weighted by Crippen LogP contribution is 2.43. The van der Waals surface area contributed by atoms with E-state index < -0.39 is 4.92 Å². The first-order valence-corrected chi connectivity index (χ1v) is 13.5. The quantitative estimate of drug-likeness (QED) is 0.126. The molecule has 1 fully saturated rings. The lowest BCUT2D eigenvalue weighted by Gasteiger charge is -2.26. The lowest BCUT2D eigenvalue weighted by atomic mass is 10.0. The van der Waals surface area contributed by atoms with Gasteiger partial charge in [0.1, 0.15) is 17.6 Å². The SMILES string of the molecule is O=[N+]([O-])c1ccc(Sc2ccc(N3C(=S)NC(c4ccccn4)C3c3ccc(-c4ccccc4)o3)cc2)cc1. The molecule has 192 valence electrons. The maximum absolute atomic E-state index is 10.9. The van der Waals surface area contributed by atoms with Crippen LogP contribution in [0.4, 0.5) is 11.4 Å². The number of nitrogens with zero attached hydrogens (tertiary/aromatic N) is 3. The molecular formula is C30H22N4O3S2. The highest BCUT2D eigenvalue weighted by atomic mass is 32.2. The summed E-state index contributed by atoms with van der Waals surface area (Å²) in [5.74, 6) is 1.57. The van der Waals surface area contributed by atoms with E-state index in [9.17, 15) is 10.1 Å². The van der Waals surface area contributed by atoms with Crippen molar-refractivity contribution < 1.29 is 9.34 Å². The van der Waals surface area contributed by atoms with E-state index in [4.69, 9.17) is 16.6 Å². The van der Waals surface area contributed by atoms with Crippen LogP contribution < -0.4 is 10.2 Å². The Hall–Kier alpha value is -4.47. The number of aromatic nitrogens is 1. The monoisotopic (exact) mass is 550 g/mol. The summed E-state index contributed by atoms with van der Waals surface area (Å²) in [6, 6.07) is 34.0. The predicted octanol–water partition coefficient (Wildman–Crippen LogP) is 7.58. The molecule has 0 spiro atoms. The third-order valence-corrected chi connectivity index (χ3v) is 7.80. The molecule has 0 bridgehead atoms. The van der Waals surface area contributed by atoms with Crippen LogP contribution in [0.25, 0.3) is 11.3 Å². The molecule has 7 nitrogen and oxygen atoms in total. The van der Waals surface area contributed by atoms with E-state index in [1.807, 2.05) is 84.9 Å². The lowest BCUT2D eigenvalue weighted by Crippen LogP contribution is -2.29. The molecule has 1 aliphatic rings. The third-order valence-electron chi connectivity index (χ3n) is 6.47. The molecule has 2 aromatic heterocycles. The molecular weight excluding hydrogens is 528 g/mol. The van der Waals surface area contributed by atoms with Gasteiger partial charge in [0.05, 0.1) is 16.7 Å². The molecule has 9 heteroatoms. The number of thiocarbonyl (C=S) groups is 1. The standard InChI is InChI=1S/C30H22N4O3S2/c35-34(36)22-11-15-24(16-12-22)39-23-13-9-21(10-14-23)33-29(28(32-30(33)38)25-8-4-5-19-31-25)27-18-17-26(37-27)20-6-2-1-3-7-20/h1-19,28-29H,(H,32,38). The van der Waals surface area contributed by atoms with Gasteiger partial charge in [-0.15, -0.1) is 0 Å². The van der Waals surface area contributed by atoms with Gasteiger partial charge in [0.25, 0.3) is 5.69 Å². The van der Waals surface area contributed by atoms with E-state index >= 15 is 0 Å². The maximum atomic E-state index is 10.9. The first-order chi connectivity index (χ1) is 19.1. The van der Waals surface area contributed by atoms with Gasteiger partial charge >= 0.3 is 0 Å². The van der Waals surface area contributed by atoms with Gasteiger partial charge in [0.15, 0.2) is 5.11 Å². The molecule has 0 aliphatic carbocycles. The van der Waals surface area contributed by atoms with Crippen molar-refractivity contribution in [3.05, 3.63) is 137 Å². The molecule has 2 unspecified atom stereocenters. The number of nitrogens with one attached hydrogen (secondary N) is 1. The molecule has 5 aromatic rings. The normalized spacial score (nSPS) is 16.7. The van der Waals surface area contributed by atoms with Crippen LogP contribution in [0.2, 0.25) is 0 Å². The van der Waals surface area contributed by atoms with Crippen LogP contribution in [0.3, 0.4) is 0 Å². The van der Waals surface area contributed by atoms with E-state index in [1.54, 1.807) is 18.3 Å². The molecule has 0 radical (unpaired) electrons. The van der Waals surface area contributed by atoms with E-state index in [0.717, 1.165) is 38.3 Å². The summed E-state index contributed by atoms with van der Waals surface area (Å²) in [6.07, 6.45) is 1.78. The molecule has 2 atom stereocenters. The fraction of sp³-hybridized carbons (Fsp3) is 0.0667. The van der Waals surface area contributed by atoms with Crippen LogP contribution in [0.15, 0.2) is 130 Å². The molecule has 39 heavy (non-hydrogen) atoms. The summed E-state index contributed by atoms with van der Waals surface area (Å²) in [6.45, 7) is 0. The Morgan fingerprint density at radius 2 is 1.56 bits per heavy atom. The Bertz CT molecular complexity index is 1610. The lowest BCUT2D eigenvalue weighted by molar-refractivity contribution is -0.384. The number of hydrogen-bond acceptors (Lipinski definition) is 6. The molecule has 1 saturated heterocycles. The third kappa shape index (κ3) is 5.14. The van der Waals surface area contributed by atoms with Crippen molar-refractivity contribution in [2.75, 3.05) is 4.90 Å². The van der Waals surface area contributed by atoms with Crippen molar-refractivity contribution in [2.45, 2.75) is 21.9 Å². The minimum atomic E-state index is -0.396. The summed E-state index contributed by atoms with van der Waals surface area (Å²) < 4.78 is 6.41. The Morgan fingerprint density at radius 1 is 0.872 bits per heavy atom. The highest BCUT2D eigenvalue weighted by molar-refractivity contribution is 7.99. The summed E-state index contributed by atoms with van der Waals surface area (Å²) >= 11 is 7.37. The number of nitro groups is 1. The molecule has 1 N–H and O–H groups in total. The average molecular weight is 551 g/mol. The van der Waals surface area contributed by atoms with Gasteiger partial charge in [0, 0.05) is 39.4 Å². The van der Waals surface area contributed by atoms with Crippen LogP contribution in [0, 0.1) is 10.1 Å². The molecule has 1 aliphatic heterocycles. The van der Waals surface area contributed by atoms with Gasteiger partial charge in [-0.25, -0.2) is 0 Å². The number of nitro benzene ring substituents is 1. The number of hydrogen-bond donors (Lipinski definition) is 1. The van der Waals surface area contributed by atoms with Crippen LogP contribution in [-0.2, 0) is 0 Å². The van der Waals surface area contributed by atoms with Gasteiger partial charge in [-0.1, -0.05) is 48.2 Å². The Balaban J connectivity index is 1.31. The predicted molar refractivity (Wildman–Crippen MR) is 156 cm³/mol. The number of furan rings is 1. The Kier molecular flexibility index (Phi) is 6.83. The number of rotatable bonds is 7. The molecule has 0 saturated carbocycles. The molecule has 3 heterocycles. The summed E-state index contributed by atoms with van der Waals surface area (Å²) in [7, 11) is 0. The second-order valence-corrected chi connectivity index (χ2v) is 10.4. The van der Waals surface area contributed by atoms with Gasteiger partial charge in [-0.05, 0) is 72.9 Å². The zero-order chi connectivity index (χ0) is 26.8. The van der Waals surface area contributed by atoms with Crippen LogP contribution >= 0.6 is 24.0 Å². The van der Waals surface area contributed by atoms with Crippen LogP contribution in [0.1, 0.15) is 23.5 Å². The topological polar surface area (TPSA) is 84.4 Å². The maximum Gasteiger partial charge on any atom is 0.269 e. The Labute approximate surface area is 234 Å². The van der Waals surface area contributed by atoms with E-state index in [-0.39, 0.29) is 17.8 Å². The van der Waals surface area contributed by atoms with Crippen LogP contribution in [0.5, 0.6) is 0 Å². The minimum absolute atomic E-state index is 0.0755. The number of non-ortho nitro benzene ring substituents is 1. The van der Waals surface area contributed by atoms with E-state index in [0.29, 0.717) is 5.11 Å². The molecule has 3 aromatic carbocycles. The molecule has 0 amide bonds. The van der Waals surface area contributed by atoms with Crippen molar-refractivity contribution in [1.29, 1.82) is 0 Å². The molecule has 6 rings (SSSR count). The fourth-order valence-electron chi connectivity index (χ4n) is 4.64.